The number of amides is 1. The number of carbonyl (C=O) groups excluding carboxylic acids is 2. The minimum absolute atomic E-state index is 0.151. The predicted octanol–water partition coefficient (Wildman–Crippen LogP) is 3.25. The molecule has 0 spiro atoms. The molecule has 2 aromatic rings. The fourth-order valence-electron chi connectivity index (χ4n) is 2.43. The van der Waals surface area contributed by atoms with E-state index in [2.05, 4.69) is 29.3 Å². The summed E-state index contributed by atoms with van der Waals surface area (Å²) in [5.74, 6) is 0.888. The molecule has 0 aliphatic rings. The summed E-state index contributed by atoms with van der Waals surface area (Å²) in [7, 11) is 0. The van der Waals surface area contributed by atoms with Crippen molar-refractivity contribution in [2.45, 2.75) is 59.0 Å². The quantitative estimate of drug-likeness (QED) is 0.678. The van der Waals surface area contributed by atoms with Crippen LogP contribution in [0.4, 0.5) is 0 Å². The molecule has 27 heavy (non-hydrogen) atoms. The molecule has 1 aromatic heterocycles. The lowest BCUT2D eigenvalue weighted by Crippen LogP contribution is -2.27. The van der Waals surface area contributed by atoms with Gasteiger partial charge >= 0.3 is 5.97 Å². The molecule has 0 saturated carbocycles. The summed E-state index contributed by atoms with van der Waals surface area (Å²) in [4.78, 5) is 27.6. The van der Waals surface area contributed by atoms with Gasteiger partial charge in [-0.05, 0) is 25.3 Å². The molecular formula is C20H27N3O4. The Morgan fingerprint density at radius 3 is 2.44 bits per heavy atom. The average Bonchev–Trinajstić information content (AvgIpc) is 3.08. The zero-order valence-corrected chi connectivity index (χ0v) is 16.3. The smallest absolute Gasteiger partial charge is 0.307 e. The fourth-order valence-corrected chi connectivity index (χ4v) is 2.43. The van der Waals surface area contributed by atoms with Gasteiger partial charge in [0.05, 0.1) is 12.5 Å². The van der Waals surface area contributed by atoms with Gasteiger partial charge in [-0.15, -0.1) is 0 Å². The molecule has 2 rings (SSSR count). The van der Waals surface area contributed by atoms with Crippen LogP contribution in [0, 0.1) is 0 Å². The number of hydrogen-bond donors (Lipinski definition) is 1. The van der Waals surface area contributed by atoms with Crippen LogP contribution >= 0.6 is 0 Å². The zero-order valence-electron chi connectivity index (χ0n) is 16.3. The van der Waals surface area contributed by atoms with E-state index < -0.39 is 0 Å². The summed E-state index contributed by atoms with van der Waals surface area (Å²) in [5.41, 5.74) is 2.12. The molecule has 0 aliphatic carbocycles. The molecule has 7 nitrogen and oxygen atoms in total. The van der Waals surface area contributed by atoms with Crippen LogP contribution < -0.4 is 5.32 Å². The molecule has 0 saturated heterocycles. The summed E-state index contributed by atoms with van der Waals surface area (Å²) in [6, 6.07) is 8.03. The largest absolute Gasteiger partial charge is 0.463 e. The third-order valence-corrected chi connectivity index (χ3v) is 3.89. The Morgan fingerprint density at radius 2 is 1.81 bits per heavy atom. The van der Waals surface area contributed by atoms with E-state index in [0.29, 0.717) is 24.1 Å². The second-order valence-electron chi connectivity index (χ2n) is 6.93. The van der Waals surface area contributed by atoms with Crippen LogP contribution in [0.3, 0.4) is 0 Å². The van der Waals surface area contributed by atoms with Crippen LogP contribution in [0.1, 0.15) is 57.9 Å². The maximum absolute atomic E-state index is 11.8. The highest BCUT2D eigenvalue weighted by atomic mass is 16.5. The maximum Gasteiger partial charge on any atom is 0.307 e. The van der Waals surface area contributed by atoms with Gasteiger partial charge in [-0.3, -0.25) is 9.59 Å². The molecule has 0 radical (unpaired) electrons. The van der Waals surface area contributed by atoms with Crippen molar-refractivity contribution in [3.05, 3.63) is 35.7 Å². The molecule has 1 N–H and O–H groups in total. The Bertz CT molecular complexity index is 751. The Labute approximate surface area is 159 Å². The van der Waals surface area contributed by atoms with E-state index in [1.54, 1.807) is 13.8 Å². The highest BCUT2D eigenvalue weighted by Crippen LogP contribution is 2.20. The molecule has 0 unspecified atom stereocenters. The van der Waals surface area contributed by atoms with E-state index in [1.807, 2.05) is 24.3 Å². The Balaban J connectivity index is 1.77. The second kappa shape index (κ2) is 9.85. The van der Waals surface area contributed by atoms with Crippen molar-refractivity contribution in [3.63, 3.8) is 0 Å². The second-order valence-corrected chi connectivity index (χ2v) is 6.93. The summed E-state index contributed by atoms with van der Waals surface area (Å²) in [5, 5.41) is 6.66. The van der Waals surface area contributed by atoms with Gasteiger partial charge in [-0.1, -0.05) is 43.3 Å². The molecule has 146 valence electrons. The number of carbonyl (C=O) groups is 2. The number of hydrogen-bond acceptors (Lipinski definition) is 6. The molecule has 1 aromatic carbocycles. The molecule has 7 heteroatoms. The van der Waals surface area contributed by atoms with Crippen molar-refractivity contribution in [2.24, 2.45) is 0 Å². The SMILES string of the molecule is CC(C)OC(=O)CCNC(=O)CCc1nc(-c2ccc(C(C)C)cc2)no1. The van der Waals surface area contributed by atoms with Crippen LogP contribution in [-0.4, -0.2) is 34.7 Å². The van der Waals surface area contributed by atoms with Crippen molar-refractivity contribution in [1.29, 1.82) is 0 Å². The van der Waals surface area contributed by atoms with Gasteiger partial charge < -0.3 is 14.6 Å². The van der Waals surface area contributed by atoms with Gasteiger partial charge in [0.2, 0.25) is 17.6 Å². The highest BCUT2D eigenvalue weighted by Gasteiger charge is 2.12. The minimum Gasteiger partial charge on any atom is -0.463 e. The Hall–Kier alpha value is -2.70. The zero-order chi connectivity index (χ0) is 19.8. The first-order valence-corrected chi connectivity index (χ1v) is 9.24. The van der Waals surface area contributed by atoms with E-state index in [4.69, 9.17) is 9.26 Å². The lowest BCUT2D eigenvalue weighted by atomic mass is 10.0. The number of benzene rings is 1. The number of esters is 1. The monoisotopic (exact) mass is 373 g/mol. The number of ether oxygens (including phenoxy) is 1. The average molecular weight is 373 g/mol. The van der Waals surface area contributed by atoms with Crippen LogP contribution in [-0.2, 0) is 20.7 Å². The molecule has 0 atom stereocenters. The maximum atomic E-state index is 11.8. The summed E-state index contributed by atoms with van der Waals surface area (Å²) in [6.07, 6.45) is 0.564. The van der Waals surface area contributed by atoms with E-state index in [1.165, 1.54) is 5.56 Å². The first-order chi connectivity index (χ1) is 12.8. The third kappa shape index (κ3) is 6.84. The fraction of sp³-hybridized carbons (Fsp3) is 0.500. The number of nitrogens with one attached hydrogen (secondary N) is 1. The van der Waals surface area contributed by atoms with Gasteiger partial charge in [-0.2, -0.15) is 4.98 Å². The number of aromatic nitrogens is 2. The minimum atomic E-state index is -0.324. The van der Waals surface area contributed by atoms with Crippen molar-refractivity contribution in [3.8, 4) is 11.4 Å². The standard InChI is InChI=1S/C20H27N3O4/c1-13(2)15-5-7-16(8-6-15)20-22-18(27-23-20)10-9-17(24)21-12-11-19(25)26-14(3)4/h5-8,13-14H,9-12H2,1-4H3,(H,21,24). The normalized spacial score (nSPS) is 11.0. The van der Waals surface area contributed by atoms with Gasteiger partial charge in [0.1, 0.15) is 0 Å². The first kappa shape index (κ1) is 20.6. The topological polar surface area (TPSA) is 94.3 Å². The molecule has 0 aliphatic heterocycles. The lowest BCUT2D eigenvalue weighted by molar-refractivity contribution is -0.147. The Kier molecular flexibility index (Phi) is 7.52. The van der Waals surface area contributed by atoms with E-state index in [9.17, 15) is 9.59 Å². The van der Waals surface area contributed by atoms with Crippen molar-refractivity contribution in [2.75, 3.05) is 6.54 Å². The van der Waals surface area contributed by atoms with E-state index in [0.717, 1.165) is 5.56 Å². The van der Waals surface area contributed by atoms with E-state index in [-0.39, 0.29) is 37.4 Å². The van der Waals surface area contributed by atoms with Crippen molar-refractivity contribution >= 4 is 11.9 Å². The molecule has 1 amide bonds. The Morgan fingerprint density at radius 1 is 1.11 bits per heavy atom. The van der Waals surface area contributed by atoms with Gasteiger partial charge in [0.25, 0.3) is 0 Å². The van der Waals surface area contributed by atoms with Crippen LogP contribution in [0.2, 0.25) is 0 Å². The van der Waals surface area contributed by atoms with E-state index >= 15 is 0 Å². The van der Waals surface area contributed by atoms with Crippen molar-refractivity contribution in [1.82, 2.24) is 15.5 Å². The summed E-state index contributed by atoms with van der Waals surface area (Å²) in [6.45, 7) is 8.10. The number of rotatable bonds is 9. The van der Waals surface area contributed by atoms with Crippen LogP contribution in [0.25, 0.3) is 11.4 Å². The van der Waals surface area contributed by atoms with Crippen LogP contribution in [0.15, 0.2) is 28.8 Å². The van der Waals surface area contributed by atoms with Crippen molar-refractivity contribution < 1.29 is 18.8 Å². The summed E-state index contributed by atoms with van der Waals surface area (Å²) >= 11 is 0. The summed E-state index contributed by atoms with van der Waals surface area (Å²) < 4.78 is 10.2. The van der Waals surface area contributed by atoms with Gasteiger partial charge in [0.15, 0.2) is 0 Å². The van der Waals surface area contributed by atoms with Gasteiger partial charge in [-0.25, -0.2) is 0 Å². The molecule has 1 heterocycles. The molecule has 0 bridgehead atoms. The highest BCUT2D eigenvalue weighted by molar-refractivity contribution is 5.77. The first-order valence-electron chi connectivity index (χ1n) is 9.24. The lowest BCUT2D eigenvalue weighted by Gasteiger charge is -2.08. The van der Waals surface area contributed by atoms with Gasteiger partial charge in [0, 0.05) is 24.9 Å². The molecular weight excluding hydrogens is 346 g/mol. The number of nitrogens with zero attached hydrogens (tertiary/aromatic N) is 2. The van der Waals surface area contributed by atoms with Crippen LogP contribution in [0.5, 0.6) is 0 Å². The molecule has 0 fully saturated rings. The number of aryl methyl sites for hydroxylation is 1. The third-order valence-electron chi connectivity index (χ3n) is 3.89. The predicted molar refractivity (Wildman–Crippen MR) is 101 cm³/mol.